The molecule has 6 heteroatoms. The second-order valence-electron chi connectivity index (χ2n) is 7.33. The first-order chi connectivity index (χ1) is 12.1. The number of hydrogen-bond acceptors (Lipinski definition) is 4. The lowest BCUT2D eigenvalue weighted by molar-refractivity contribution is -0.122. The molecule has 2 amide bonds. The quantitative estimate of drug-likeness (QED) is 0.918. The number of carbonyl (C=O) groups is 2. The van der Waals surface area contributed by atoms with Crippen LogP contribution >= 0.6 is 11.3 Å². The molecular weight excluding hydrogens is 334 g/mol. The lowest BCUT2D eigenvalue weighted by atomic mass is 10.1. The number of fused-ring (bicyclic) bond motifs is 1. The SMILES string of the molecule is NC(=O)[C@@H]1[C@H]2C[C@H]2CN1C(=O)c1nc(C2CC2)sc1-c1ccccc1. The van der Waals surface area contributed by atoms with Crippen LogP contribution in [0.15, 0.2) is 30.3 Å². The molecule has 3 atom stereocenters. The van der Waals surface area contributed by atoms with Crippen molar-refractivity contribution in [2.24, 2.45) is 17.6 Å². The minimum atomic E-state index is -0.466. The molecule has 1 saturated heterocycles. The van der Waals surface area contributed by atoms with Crippen molar-refractivity contribution in [1.82, 2.24) is 9.88 Å². The van der Waals surface area contributed by atoms with Crippen LogP contribution in [-0.4, -0.2) is 34.3 Å². The summed E-state index contributed by atoms with van der Waals surface area (Å²) in [6.45, 7) is 0.627. The fraction of sp³-hybridized carbons (Fsp3) is 0.421. The van der Waals surface area contributed by atoms with Gasteiger partial charge in [0.15, 0.2) is 0 Å². The summed E-state index contributed by atoms with van der Waals surface area (Å²) < 4.78 is 0. The van der Waals surface area contributed by atoms with Gasteiger partial charge >= 0.3 is 0 Å². The van der Waals surface area contributed by atoms with E-state index in [0.29, 0.717) is 24.1 Å². The van der Waals surface area contributed by atoms with Crippen molar-refractivity contribution in [3.05, 3.63) is 41.0 Å². The van der Waals surface area contributed by atoms with Gasteiger partial charge in [0.2, 0.25) is 5.91 Å². The maximum Gasteiger partial charge on any atom is 0.274 e. The predicted molar refractivity (Wildman–Crippen MR) is 95.1 cm³/mol. The highest BCUT2D eigenvalue weighted by molar-refractivity contribution is 7.15. The Morgan fingerprint density at radius 2 is 1.96 bits per heavy atom. The summed E-state index contributed by atoms with van der Waals surface area (Å²) >= 11 is 1.62. The van der Waals surface area contributed by atoms with E-state index in [2.05, 4.69) is 0 Å². The van der Waals surface area contributed by atoms with Crippen molar-refractivity contribution in [3.8, 4) is 10.4 Å². The number of nitrogens with zero attached hydrogens (tertiary/aromatic N) is 2. The summed E-state index contributed by atoms with van der Waals surface area (Å²) in [4.78, 5) is 32.4. The number of primary amides is 1. The highest BCUT2D eigenvalue weighted by Gasteiger charge is 2.56. The number of benzene rings is 1. The minimum absolute atomic E-state index is 0.141. The fourth-order valence-electron chi connectivity index (χ4n) is 3.95. The van der Waals surface area contributed by atoms with E-state index >= 15 is 0 Å². The monoisotopic (exact) mass is 353 g/mol. The number of hydrogen-bond donors (Lipinski definition) is 1. The maximum absolute atomic E-state index is 13.2. The van der Waals surface area contributed by atoms with Gasteiger partial charge in [-0.3, -0.25) is 9.59 Å². The number of likely N-dealkylation sites (tertiary alicyclic amines) is 1. The first-order valence-corrected chi connectivity index (χ1v) is 9.61. The van der Waals surface area contributed by atoms with Crippen molar-refractivity contribution in [3.63, 3.8) is 0 Å². The number of amides is 2. The predicted octanol–water partition coefficient (Wildman–Crippen LogP) is 2.63. The van der Waals surface area contributed by atoms with Gasteiger partial charge in [-0.2, -0.15) is 0 Å². The Hall–Kier alpha value is -2.21. The molecule has 5 rings (SSSR count). The normalized spacial score (nSPS) is 27.2. The van der Waals surface area contributed by atoms with Crippen molar-refractivity contribution in [1.29, 1.82) is 0 Å². The van der Waals surface area contributed by atoms with E-state index in [1.807, 2.05) is 30.3 Å². The van der Waals surface area contributed by atoms with Crippen molar-refractivity contribution < 1.29 is 9.59 Å². The molecule has 0 radical (unpaired) electrons. The molecule has 0 unspecified atom stereocenters. The largest absolute Gasteiger partial charge is 0.368 e. The average molecular weight is 353 g/mol. The Bertz CT molecular complexity index is 859. The van der Waals surface area contributed by atoms with Gasteiger partial charge in [-0.05, 0) is 36.7 Å². The third kappa shape index (κ3) is 2.47. The molecule has 5 nitrogen and oxygen atoms in total. The zero-order chi connectivity index (χ0) is 17.1. The molecule has 2 aromatic rings. The van der Waals surface area contributed by atoms with Gasteiger partial charge in [0.1, 0.15) is 11.7 Å². The molecule has 3 fully saturated rings. The van der Waals surface area contributed by atoms with Gasteiger partial charge in [0.05, 0.1) is 9.88 Å². The van der Waals surface area contributed by atoms with Gasteiger partial charge in [0, 0.05) is 12.5 Å². The first kappa shape index (κ1) is 15.1. The number of carbonyl (C=O) groups excluding carboxylic acids is 2. The van der Waals surface area contributed by atoms with E-state index in [1.54, 1.807) is 16.2 Å². The second kappa shape index (κ2) is 5.39. The van der Waals surface area contributed by atoms with Gasteiger partial charge in [-0.1, -0.05) is 30.3 Å². The fourth-order valence-corrected chi connectivity index (χ4v) is 5.18. The van der Waals surface area contributed by atoms with Gasteiger partial charge in [0.25, 0.3) is 5.91 Å². The Balaban J connectivity index is 1.54. The molecule has 2 N–H and O–H groups in total. The second-order valence-corrected chi connectivity index (χ2v) is 8.37. The molecule has 1 aromatic heterocycles. The third-order valence-electron chi connectivity index (χ3n) is 5.51. The average Bonchev–Trinajstić information content (AvgIpc) is 3.53. The van der Waals surface area contributed by atoms with E-state index in [0.717, 1.165) is 34.7 Å². The molecule has 2 saturated carbocycles. The van der Waals surface area contributed by atoms with Crippen LogP contribution in [0.2, 0.25) is 0 Å². The highest BCUT2D eigenvalue weighted by Crippen LogP contribution is 2.50. The number of thiazole rings is 1. The summed E-state index contributed by atoms with van der Waals surface area (Å²) in [5.74, 6) is 0.648. The van der Waals surface area contributed by atoms with Crippen LogP contribution in [0.5, 0.6) is 0 Å². The van der Waals surface area contributed by atoms with Crippen LogP contribution in [0.1, 0.15) is 40.7 Å². The Kier molecular flexibility index (Phi) is 3.25. The van der Waals surface area contributed by atoms with Gasteiger partial charge in [-0.25, -0.2) is 4.98 Å². The third-order valence-corrected chi connectivity index (χ3v) is 6.78. The molecule has 2 heterocycles. The number of rotatable bonds is 4. The molecule has 0 bridgehead atoms. The first-order valence-electron chi connectivity index (χ1n) is 8.80. The molecule has 0 spiro atoms. The van der Waals surface area contributed by atoms with Crippen LogP contribution in [0.4, 0.5) is 0 Å². The smallest absolute Gasteiger partial charge is 0.274 e. The van der Waals surface area contributed by atoms with Crippen LogP contribution in [0.25, 0.3) is 10.4 Å². The molecule has 25 heavy (non-hydrogen) atoms. The standard InChI is InChI=1S/C19H19N3O2S/c20-17(23)15-13-8-12(13)9-22(15)19(24)14-16(10-4-2-1-3-5-10)25-18(21-14)11-6-7-11/h1-5,11-13,15H,6-9H2,(H2,20,23)/t12-,13-,15-/m0/s1. The van der Waals surface area contributed by atoms with Crippen LogP contribution in [-0.2, 0) is 4.79 Å². The topological polar surface area (TPSA) is 76.3 Å². The summed E-state index contributed by atoms with van der Waals surface area (Å²) in [6, 6.07) is 9.45. The Labute approximate surface area is 149 Å². The number of piperidine rings is 1. The van der Waals surface area contributed by atoms with Gasteiger partial charge in [-0.15, -0.1) is 11.3 Å². The molecule has 3 aliphatic rings. The highest BCUT2D eigenvalue weighted by atomic mass is 32.1. The van der Waals surface area contributed by atoms with E-state index in [9.17, 15) is 9.59 Å². The zero-order valence-corrected chi connectivity index (χ0v) is 14.5. The van der Waals surface area contributed by atoms with Gasteiger partial charge < -0.3 is 10.6 Å². The van der Waals surface area contributed by atoms with Crippen molar-refractivity contribution in [2.75, 3.05) is 6.54 Å². The molecule has 128 valence electrons. The summed E-state index contributed by atoms with van der Waals surface area (Å²) in [5.41, 5.74) is 7.08. The van der Waals surface area contributed by atoms with E-state index in [-0.39, 0.29) is 11.8 Å². The van der Waals surface area contributed by atoms with Crippen molar-refractivity contribution in [2.45, 2.75) is 31.2 Å². The van der Waals surface area contributed by atoms with Crippen LogP contribution in [0.3, 0.4) is 0 Å². The summed E-state index contributed by atoms with van der Waals surface area (Å²) in [5, 5.41) is 1.04. The van der Waals surface area contributed by atoms with E-state index < -0.39 is 11.9 Å². The molecule has 1 aliphatic heterocycles. The Morgan fingerprint density at radius 1 is 1.20 bits per heavy atom. The summed E-state index contributed by atoms with van der Waals surface area (Å²) in [6.07, 6.45) is 3.30. The molecular formula is C19H19N3O2S. The molecule has 2 aliphatic carbocycles. The summed E-state index contributed by atoms with van der Waals surface area (Å²) in [7, 11) is 0. The van der Waals surface area contributed by atoms with E-state index in [4.69, 9.17) is 10.7 Å². The Morgan fingerprint density at radius 3 is 2.64 bits per heavy atom. The number of aromatic nitrogens is 1. The maximum atomic E-state index is 13.2. The van der Waals surface area contributed by atoms with Crippen molar-refractivity contribution >= 4 is 23.2 Å². The zero-order valence-electron chi connectivity index (χ0n) is 13.7. The molecule has 1 aromatic carbocycles. The lowest BCUT2D eigenvalue weighted by Crippen LogP contribution is -2.46. The number of nitrogens with two attached hydrogens (primary N) is 1. The minimum Gasteiger partial charge on any atom is -0.368 e. The lowest BCUT2D eigenvalue weighted by Gasteiger charge is -2.24. The van der Waals surface area contributed by atoms with Crippen LogP contribution in [0, 0.1) is 11.8 Å². The van der Waals surface area contributed by atoms with Crippen LogP contribution < -0.4 is 5.73 Å². The van der Waals surface area contributed by atoms with E-state index in [1.165, 1.54) is 0 Å².